The van der Waals surface area contributed by atoms with E-state index >= 15 is 0 Å². The highest BCUT2D eigenvalue weighted by molar-refractivity contribution is 5.81. The number of aliphatic carboxylic acids is 1. The van der Waals surface area contributed by atoms with Crippen LogP contribution in [-0.4, -0.2) is 20.9 Å². The maximum atomic E-state index is 11.0. The van der Waals surface area contributed by atoms with Crippen LogP contribution in [0.1, 0.15) is 31.4 Å². The lowest BCUT2D eigenvalue weighted by Crippen LogP contribution is -2.24. The van der Waals surface area contributed by atoms with Crippen molar-refractivity contribution in [3.05, 3.63) is 30.0 Å². The molecule has 1 aromatic heterocycles. The van der Waals surface area contributed by atoms with Gasteiger partial charge >= 0.3 is 5.97 Å². The van der Waals surface area contributed by atoms with Gasteiger partial charge in [-0.05, 0) is 44.6 Å². The third kappa shape index (κ3) is 2.42. The van der Waals surface area contributed by atoms with Gasteiger partial charge < -0.3 is 5.11 Å². The van der Waals surface area contributed by atoms with Crippen LogP contribution in [0.3, 0.4) is 0 Å². The molecule has 2 aromatic rings. The summed E-state index contributed by atoms with van der Waals surface area (Å²) in [6.07, 6.45) is 3.60. The molecule has 1 aromatic carbocycles. The number of aryl methyl sites for hydroxylation is 1. The molecule has 3 rings (SSSR count). The summed E-state index contributed by atoms with van der Waals surface area (Å²) < 4.78 is 2.09. The lowest BCUT2D eigenvalue weighted by Gasteiger charge is -2.26. The molecule has 0 unspecified atom stereocenters. The number of rotatable bonds is 3. The molecule has 0 spiro atoms. The molecule has 1 aliphatic carbocycles. The van der Waals surface area contributed by atoms with E-state index < -0.39 is 5.97 Å². The molecule has 0 amide bonds. The van der Waals surface area contributed by atoms with Crippen LogP contribution in [0, 0.1) is 18.8 Å². The minimum absolute atomic E-state index is 0.135. The Kier molecular flexibility index (Phi) is 3.47. The van der Waals surface area contributed by atoms with Crippen molar-refractivity contribution in [2.75, 3.05) is 0 Å². The summed E-state index contributed by atoms with van der Waals surface area (Å²) in [7, 11) is 0. The van der Waals surface area contributed by atoms with Gasteiger partial charge in [0, 0.05) is 17.6 Å². The SMILES string of the molecule is Cc1c2ccccc2nn1C[C@H]1CC[C@H](C(=O)O)CC1. The van der Waals surface area contributed by atoms with Crippen molar-refractivity contribution >= 4 is 16.9 Å². The molecule has 0 aliphatic heterocycles. The van der Waals surface area contributed by atoms with Crippen LogP contribution in [0.2, 0.25) is 0 Å². The van der Waals surface area contributed by atoms with Crippen molar-refractivity contribution in [3.63, 3.8) is 0 Å². The molecule has 1 saturated carbocycles. The molecule has 1 fully saturated rings. The van der Waals surface area contributed by atoms with Gasteiger partial charge in [-0.25, -0.2) is 0 Å². The van der Waals surface area contributed by atoms with E-state index in [1.165, 1.54) is 11.1 Å². The van der Waals surface area contributed by atoms with E-state index in [-0.39, 0.29) is 5.92 Å². The monoisotopic (exact) mass is 272 g/mol. The highest BCUT2D eigenvalue weighted by Crippen LogP contribution is 2.30. The average Bonchev–Trinajstić information content (AvgIpc) is 2.77. The Morgan fingerprint density at radius 1 is 1.30 bits per heavy atom. The van der Waals surface area contributed by atoms with E-state index in [4.69, 9.17) is 5.11 Å². The highest BCUT2D eigenvalue weighted by atomic mass is 16.4. The summed E-state index contributed by atoms with van der Waals surface area (Å²) >= 11 is 0. The van der Waals surface area contributed by atoms with E-state index in [9.17, 15) is 4.79 Å². The number of benzene rings is 1. The zero-order valence-electron chi connectivity index (χ0n) is 11.7. The van der Waals surface area contributed by atoms with Gasteiger partial charge in [0.15, 0.2) is 0 Å². The molecular formula is C16H20N2O2. The fourth-order valence-electron chi connectivity index (χ4n) is 3.23. The topological polar surface area (TPSA) is 55.1 Å². The second kappa shape index (κ2) is 5.27. The second-order valence-corrected chi connectivity index (χ2v) is 5.84. The second-order valence-electron chi connectivity index (χ2n) is 5.84. The molecule has 20 heavy (non-hydrogen) atoms. The van der Waals surface area contributed by atoms with Crippen molar-refractivity contribution in [1.82, 2.24) is 9.78 Å². The lowest BCUT2D eigenvalue weighted by atomic mass is 9.82. The zero-order valence-corrected chi connectivity index (χ0v) is 11.7. The molecule has 0 atom stereocenters. The average molecular weight is 272 g/mol. The first-order valence-electron chi connectivity index (χ1n) is 7.30. The Morgan fingerprint density at radius 2 is 2.00 bits per heavy atom. The maximum Gasteiger partial charge on any atom is 0.306 e. The van der Waals surface area contributed by atoms with Crippen molar-refractivity contribution < 1.29 is 9.90 Å². The molecule has 4 heteroatoms. The van der Waals surface area contributed by atoms with Crippen LogP contribution in [-0.2, 0) is 11.3 Å². The Bertz CT molecular complexity index is 624. The first-order chi connectivity index (χ1) is 9.65. The molecule has 0 radical (unpaired) electrons. The van der Waals surface area contributed by atoms with E-state index in [0.29, 0.717) is 5.92 Å². The predicted molar refractivity (Wildman–Crippen MR) is 77.6 cm³/mol. The fourth-order valence-corrected chi connectivity index (χ4v) is 3.23. The quantitative estimate of drug-likeness (QED) is 0.933. The first-order valence-corrected chi connectivity index (χ1v) is 7.30. The summed E-state index contributed by atoms with van der Waals surface area (Å²) in [5.41, 5.74) is 2.25. The van der Waals surface area contributed by atoms with Gasteiger partial charge in [0.2, 0.25) is 0 Å². The Hall–Kier alpha value is -1.84. The lowest BCUT2D eigenvalue weighted by molar-refractivity contribution is -0.143. The molecule has 1 heterocycles. The summed E-state index contributed by atoms with van der Waals surface area (Å²) in [6.45, 7) is 3.02. The smallest absolute Gasteiger partial charge is 0.306 e. The molecule has 0 bridgehead atoms. The van der Waals surface area contributed by atoms with Gasteiger partial charge in [0.1, 0.15) is 0 Å². The number of fused-ring (bicyclic) bond motifs is 1. The van der Waals surface area contributed by atoms with Crippen molar-refractivity contribution in [2.24, 2.45) is 11.8 Å². The number of carbonyl (C=O) groups is 1. The van der Waals surface area contributed by atoms with Crippen LogP contribution >= 0.6 is 0 Å². The van der Waals surface area contributed by atoms with Gasteiger partial charge in [-0.2, -0.15) is 5.10 Å². The minimum Gasteiger partial charge on any atom is -0.481 e. The van der Waals surface area contributed by atoms with Gasteiger partial charge in [-0.15, -0.1) is 0 Å². The number of nitrogens with zero attached hydrogens (tertiary/aromatic N) is 2. The maximum absolute atomic E-state index is 11.0. The molecule has 0 saturated heterocycles. The minimum atomic E-state index is -0.635. The molecule has 1 aliphatic rings. The van der Waals surface area contributed by atoms with E-state index in [1.54, 1.807) is 0 Å². The summed E-state index contributed by atoms with van der Waals surface area (Å²) in [5.74, 6) is -0.216. The van der Waals surface area contributed by atoms with Crippen molar-refractivity contribution in [2.45, 2.75) is 39.2 Å². The number of carboxylic acids is 1. The Balaban J connectivity index is 1.71. The van der Waals surface area contributed by atoms with Gasteiger partial charge in [0.05, 0.1) is 11.4 Å². The van der Waals surface area contributed by atoms with Crippen LogP contribution < -0.4 is 0 Å². The third-order valence-electron chi connectivity index (χ3n) is 4.54. The number of carboxylic acid groups (broad SMARTS) is 1. The largest absolute Gasteiger partial charge is 0.481 e. The summed E-state index contributed by atoms with van der Waals surface area (Å²) in [5, 5.41) is 14.9. The highest BCUT2D eigenvalue weighted by Gasteiger charge is 2.26. The first kappa shape index (κ1) is 13.2. The van der Waals surface area contributed by atoms with Crippen LogP contribution in [0.4, 0.5) is 0 Å². The number of hydrogen-bond acceptors (Lipinski definition) is 2. The van der Waals surface area contributed by atoms with Gasteiger partial charge in [-0.1, -0.05) is 18.2 Å². The number of aromatic nitrogens is 2. The zero-order chi connectivity index (χ0) is 14.1. The van der Waals surface area contributed by atoms with Crippen LogP contribution in [0.25, 0.3) is 10.9 Å². The van der Waals surface area contributed by atoms with E-state index in [0.717, 1.165) is 37.7 Å². The Morgan fingerprint density at radius 3 is 2.65 bits per heavy atom. The third-order valence-corrected chi connectivity index (χ3v) is 4.54. The molecular weight excluding hydrogens is 252 g/mol. The fraction of sp³-hybridized carbons (Fsp3) is 0.500. The van der Waals surface area contributed by atoms with Crippen LogP contribution in [0.5, 0.6) is 0 Å². The molecule has 1 N–H and O–H groups in total. The predicted octanol–water partition coefficient (Wildman–Crippen LogP) is 3.24. The van der Waals surface area contributed by atoms with E-state index in [1.807, 2.05) is 18.2 Å². The normalized spacial score (nSPS) is 23.1. The summed E-state index contributed by atoms with van der Waals surface area (Å²) in [6, 6.07) is 8.20. The molecule has 106 valence electrons. The number of hydrogen-bond donors (Lipinski definition) is 1. The molecule has 4 nitrogen and oxygen atoms in total. The summed E-state index contributed by atoms with van der Waals surface area (Å²) in [4.78, 5) is 11.0. The van der Waals surface area contributed by atoms with Crippen molar-refractivity contribution in [3.8, 4) is 0 Å². The van der Waals surface area contributed by atoms with Gasteiger partial charge in [0.25, 0.3) is 0 Å². The standard InChI is InChI=1S/C16H20N2O2/c1-11-14-4-2-3-5-15(14)17-18(11)10-12-6-8-13(9-7-12)16(19)20/h2-5,12-13H,6-10H2,1H3,(H,19,20)/t12-,13-. The van der Waals surface area contributed by atoms with Crippen molar-refractivity contribution in [1.29, 1.82) is 0 Å². The Labute approximate surface area is 118 Å². The van der Waals surface area contributed by atoms with E-state index in [2.05, 4.69) is 22.8 Å². The van der Waals surface area contributed by atoms with Crippen LogP contribution in [0.15, 0.2) is 24.3 Å². The van der Waals surface area contributed by atoms with Gasteiger partial charge in [-0.3, -0.25) is 9.48 Å².